The molecular formula is C11H20N2O2S2. The van der Waals surface area contributed by atoms with Gasteiger partial charge in [-0.15, -0.1) is 0 Å². The molecule has 98 valence electrons. The van der Waals surface area contributed by atoms with Crippen LogP contribution in [0.4, 0.5) is 0 Å². The molecule has 17 heavy (non-hydrogen) atoms. The summed E-state index contributed by atoms with van der Waals surface area (Å²) in [6.45, 7) is 7.15. The van der Waals surface area contributed by atoms with Gasteiger partial charge in [-0.3, -0.25) is 9.59 Å². The number of nitrogens with zero attached hydrogens (tertiary/aromatic N) is 1. The summed E-state index contributed by atoms with van der Waals surface area (Å²) >= 11 is 6.00. The van der Waals surface area contributed by atoms with E-state index in [0.717, 1.165) is 18.8 Å². The highest BCUT2D eigenvalue weighted by Gasteiger charge is 2.32. The summed E-state index contributed by atoms with van der Waals surface area (Å²) < 4.78 is 0.0886. The zero-order valence-electron chi connectivity index (χ0n) is 10.5. The van der Waals surface area contributed by atoms with E-state index in [-0.39, 0.29) is 16.6 Å². The van der Waals surface area contributed by atoms with Crippen LogP contribution in [0.3, 0.4) is 0 Å². The Kier molecular flexibility index (Phi) is 5.19. The van der Waals surface area contributed by atoms with E-state index in [2.05, 4.69) is 31.8 Å². The third-order valence-corrected chi connectivity index (χ3v) is 4.26. The summed E-state index contributed by atoms with van der Waals surface area (Å²) in [4.78, 5) is 25.0. The lowest BCUT2D eigenvalue weighted by Crippen LogP contribution is -2.54. The van der Waals surface area contributed by atoms with Crippen LogP contribution in [0.25, 0.3) is 0 Å². The maximum atomic E-state index is 12.2. The van der Waals surface area contributed by atoms with Gasteiger partial charge in [-0.25, -0.2) is 0 Å². The van der Waals surface area contributed by atoms with Crippen LogP contribution in [0.2, 0.25) is 0 Å². The molecule has 1 aliphatic rings. The number of hydrogen-bond acceptors (Lipinski definition) is 4. The van der Waals surface area contributed by atoms with Crippen LogP contribution in [0.5, 0.6) is 0 Å². The van der Waals surface area contributed by atoms with Gasteiger partial charge >= 0.3 is 0 Å². The maximum absolute atomic E-state index is 12.2. The SMILES string of the molecule is CC(=O)NC(CS)C(=O)N1CCSC(C)(C)C1. The second-order valence-corrected chi connectivity index (χ2v) is 6.97. The summed E-state index contributed by atoms with van der Waals surface area (Å²) in [7, 11) is 0. The lowest BCUT2D eigenvalue weighted by Gasteiger charge is -2.38. The molecule has 0 bridgehead atoms. The Morgan fingerprint density at radius 3 is 2.65 bits per heavy atom. The number of thiol groups is 1. The van der Waals surface area contributed by atoms with Crippen LogP contribution in [0.15, 0.2) is 0 Å². The van der Waals surface area contributed by atoms with E-state index in [1.165, 1.54) is 6.92 Å². The van der Waals surface area contributed by atoms with Crippen LogP contribution in [-0.4, -0.2) is 52.1 Å². The van der Waals surface area contributed by atoms with Crippen molar-refractivity contribution in [1.82, 2.24) is 10.2 Å². The Morgan fingerprint density at radius 2 is 2.18 bits per heavy atom. The Labute approximate surface area is 112 Å². The Balaban J connectivity index is 2.64. The first-order chi connectivity index (χ1) is 7.85. The molecule has 0 aromatic rings. The molecule has 0 saturated carbocycles. The quantitative estimate of drug-likeness (QED) is 0.749. The summed E-state index contributed by atoms with van der Waals surface area (Å²) in [6, 6.07) is -0.505. The van der Waals surface area contributed by atoms with Gasteiger partial charge in [0.25, 0.3) is 0 Å². The second-order valence-electron chi connectivity index (χ2n) is 4.80. The van der Waals surface area contributed by atoms with Crippen molar-refractivity contribution in [2.45, 2.75) is 31.6 Å². The van der Waals surface area contributed by atoms with Crippen LogP contribution in [-0.2, 0) is 9.59 Å². The molecule has 0 spiro atoms. The molecule has 1 aliphatic heterocycles. The predicted octanol–water partition coefficient (Wildman–Crippen LogP) is 0.775. The van der Waals surface area contributed by atoms with Crippen LogP contribution in [0.1, 0.15) is 20.8 Å². The fourth-order valence-electron chi connectivity index (χ4n) is 1.86. The minimum atomic E-state index is -0.505. The molecule has 4 nitrogen and oxygen atoms in total. The number of hydrogen-bond donors (Lipinski definition) is 2. The second kappa shape index (κ2) is 6.00. The summed E-state index contributed by atoms with van der Waals surface area (Å²) in [5.74, 6) is 1.06. The average molecular weight is 276 g/mol. The normalized spacial score (nSPS) is 20.8. The maximum Gasteiger partial charge on any atom is 0.246 e. The van der Waals surface area contributed by atoms with Gasteiger partial charge in [0.05, 0.1) is 0 Å². The molecule has 1 rings (SSSR count). The van der Waals surface area contributed by atoms with Gasteiger partial charge in [0, 0.05) is 36.3 Å². The first kappa shape index (κ1) is 14.7. The van der Waals surface area contributed by atoms with E-state index in [1.54, 1.807) is 0 Å². The lowest BCUT2D eigenvalue weighted by atomic mass is 10.1. The Morgan fingerprint density at radius 1 is 1.53 bits per heavy atom. The number of rotatable bonds is 3. The molecule has 1 N–H and O–H groups in total. The summed E-state index contributed by atoms with van der Waals surface area (Å²) in [5, 5.41) is 2.64. The molecule has 1 unspecified atom stereocenters. The highest BCUT2D eigenvalue weighted by atomic mass is 32.2. The van der Waals surface area contributed by atoms with Crippen molar-refractivity contribution in [3.63, 3.8) is 0 Å². The van der Waals surface area contributed by atoms with E-state index in [9.17, 15) is 9.59 Å². The molecule has 2 amide bonds. The molecule has 1 fully saturated rings. The van der Waals surface area contributed by atoms with Crippen LogP contribution in [0, 0.1) is 0 Å². The largest absolute Gasteiger partial charge is 0.344 e. The van der Waals surface area contributed by atoms with Gasteiger partial charge in [-0.2, -0.15) is 24.4 Å². The van der Waals surface area contributed by atoms with Gasteiger partial charge in [0.1, 0.15) is 6.04 Å². The zero-order valence-corrected chi connectivity index (χ0v) is 12.2. The van der Waals surface area contributed by atoms with E-state index in [0.29, 0.717) is 5.75 Å². The lowest BCUT2D eigenvalue weighted by molar-refractivity contribution is -0.135. The van der Waals surface area contributed by atoms with E-state index >= 15 is 0 Å². The number of carbonyl (C=O) groups is 2. The minimum absolute atomic E-state index is 0.0245. The first-order valence-corrected chi connectivity index (χ1v) is 7.28. The van der Waals surface area contributed by atoms with Gasteiger partial charge in [0.2, 0.25) is 11.8 Å². The van der Waals surface area contributed by atoms with Gasteiger partial charge in [0.15, 0.2) is 0 Å². The summed E-state index contributed by atoms with van der Waals surface area (Å²) in [6.07, 6.45) is 0. The highest BCUT2D eigenvalue weighted by Crippen LogP contribution is 2.29. The Bertz CT molecular complexity index is 308. The standard InChI is InChI=1S/C11H20N2O2S2/c1-8(14)12-9(6-16)10(15)13-4-5-17-11(2,3)7-13/h9,16H,4-7H2,1-3H3,(H,12,14). The molecule has 0 aromatic heterocycles. The van der Waals surface area contributed by atoms with Crippen molar-refractivity contribution < 1.29 is 9.59 Å². The average Bonchev–Trinajstić information content (AvgIpc) is 2.23. The van der Waals surface area contributed by atoms with Gasteiger partial charge < -0.3 is 10.2 Å². The van der Waals surface area contributed by atoms with E-state index in [4.69, 9.17) is 0 Å². The van der Waals surface area contributed by atoms with Gasteiger partial charge in [-0.1, -0.05) is 0 Å². The van der Waals surface area contributed by atoms with Crippen LogP contribution < -0.4 is 5.32 Å². The van der Waals surface area contributed by atoms with E-state index < -0.39 is 6.04 Å². The number of nitrogens with one attached hydrogen (secondary N) is 1. The minimum Gasteiger partial charge on any atom is -0.344 e. The Hall–Kier alpha value is -0.360. The van der Waals surface area contributed by atoms with Crippen molar-refractivity contribution in [3.8, 4) is 0 Å². The number of amides is 2. The molecule has 1 atom stereocenters. The topological polar surface area (TPSA) is 49.4 Å². The fourth-order valence-corrected chi connectivity index (χ4v) is 3.21. The molecule has 1 heterocycles. The first-order valence-electron chi connectivity index (χ1n) is 5.66. The predicted molar refractivity (Wildman–Crippen MR) is 74.6 cm³/mol. The zero-order chi connectivity index (χ0) is 13.1. The van der Waals surface area contributed by atoms with Crippen molar-refractivity contribution in [1.29, 1.82) is 0 Å². The third-order valence-electron chi connectivity index (χ3n) is 2.60. The van der Waals surface area contributed by atoms with Crippen molar-refractivity contribution in [3.05, 3.63) is 0 Å². The third kappa shape index (κ3) is 4.43. The summed E-state index contributed by atoms with van der Waals surface area (Å²) in [5.41, 5.74) is 0. The van der Waals surface area contributed by atoms with Crippen molar-refractivity contribution in [2.24, 2.45) is 0 Å². The van der Waals surface area contributed by atoms with Crippen molar-refractivity contribution >= 4 is 36.2 Å². The molecule has 0 radical (unpaired) electrons. The molecule has 0 aromatic carbocycles. The van der Waals surface area contributed by atoms with E-state index in [1.807, 2.05) is 16.7 Å². The van der Waals surface area contributed by atoms with Gasteiger partial charge in [-0.05, 0) is 13.8 Å². The smallest absolute Gasteiger partial charge is 0.246 e. The number of thioether (sulfide) groups is 1. The van der Waals surface area contributed by atoms with Crippen molar-refractivity contribution in [2.75, 3.05) is 24.6 Å². The number of carbonyl (C=O) groups excluding carboxylic acids is 2. The molecule has 1 saturated heterocycles. The monoisotopic (exact) mass is 276 g/mol. The molecule has 0 aliphatic carbocycles. The molecule has 6 heteroatoms. The molecular weight excluding hydrogens is 256 g/mol. The highest BCUT2D eigenvalue weighted by molar-refractivity contribution is 8.00. The van der Waals surface area contributed by atoms with Crippen LogP contribution >= 0.6 is 24.4 Å². The fraction of sp³-hybridized carbons (Fsp3) is 0.818.